The number of carbonyl (C=O) groups is 1. The zero-order valence-electron chi connectivity index (χ0n) is 16.4. The van der Waals surface area contributed by atoms with Gasteiger partial charge in [-0.2, -0.15) is 0 Å². The van der Waals surface area contributed by atoms with Crippen molar-refractivity contribution < 1.29 is 13.9 Å². The number of rotatable bonds is 5. The average molecular weight is 394 g/mol. The molecule has 0 saturated carbocycles. The number of fused-ring (bicyclic) bond motifs is 1. The molecule has 0 amide bonds. The molecule has 4 rings (SSSR count). The van der Waals surface area contributed by atoms with Gasteiger partial charge in [0.1, 0.15) is 17.1 Å². The summed E-state index contributed by atoms with van der Waals surface area (Å²) in [5.74, 6) is 1.00. The largest absolute Gasteiger partial charge is 0.464 e. The van der Waals surface area contributed by atoms with E-state index >= 15 is 0 Å². The van der Waals surface area contributed by atoms with Crippen LogP contribution in [0.4, 0.5) is 0 Å². The third-order valence-corrected chi connectivity index (χ3v) is 6.06. The fourth-order valence-corrected chi connectivity index (χ4v) is 4.38. The number of oxazole rings is 1. The Morgan fingerprint density at radius 2 is 2.07 bits per heavy atom. The van der Waals surface area contributed by atoms with Crippen LogP contribution in [0, 0.1) is 13.8 Å². The van der Waals surface area contributed by atoms with E-state index in [1.54, 1.807) is 11.3 Å². The number of aryl methyl sites for hydroxylation is 3. The molecule has 0 atom stereocenters. The fourth-order valence-electron chi connectivity index (χ4n) is 3.34. The number of thiophene rings is 1. The predicted octanol–water partition coefficient (Wildman–Crippen LogP) is 5.37. The van der Waals surface area contributed by atoms with Gasteiger partial charge >= 0.3 is 5.97 Å². The second kappa shape index (κ2) is 7.28. The van der Waals surface area contributed by atoms with E-state index in [0.717, 1.165) is 39.2 Å². The Morgan fingerprint density at radius 1 is 1.25 bits per heavy atom. The van der Waals surface area contributed by atoms with Crippen molar-refractivity contribution in [3.8, 4) is 11.5 Å². The molecule has 3 aromatic heterocycles. The molecule has 0 N–H and O–H groups in total. The van der Waals surface area contributed by atoms with Crippen molar-refractivity contribution in [2.24, 2.45) is 0 Å². The zero-order valence-corrected chi connectivity index (χ0v) is 17.2. The fraction of sp³-hybridized carbons (Fsp3) is 0.273. The Kier molecular flexibility index (Phi) is 4.81. The van der Waals surface area contributed by atoms with Crippen LogP contribution in [0.25, 0.3) is 21.7 Å². The first-order valence-corrected chi connectivity index (χ1v) is 10.1. The van der Waals surface area contributed by atoms with Gasteiger partial charge in [0.25, 0.3) is 0 Å². The minimum absolute atomic E-state index is 0.346. The number of ether oxygens (including phenoxy) is 1. The lowest BCUT2D eigenvalue weighted by Gasteiger charge is -2.07. The van der Waals surface area contributed by atoms with E-state index < -0.39 is 0 Å². The average Bonchev–Trinajstić information content (AvgIpc) is 3.35. The third kappa shape index (κ3) is 3.24. The number of hydrogen-bond acceptors (Lipinski definition) is 5. The van der Waals surface area contributed by atoms with Crippen molar-refractivity contribution in [3.05, 3.63) is 64.0 Å². The summed E-state index contributed by atoms with van der Waals surface area (Å²) in [6, 6.07) is 12.1. The van der Waals surface area contributed by atoms with Crippen LogP contribution in [0.15, 0.2) is 40.8 Å². The number of nitrogens with zero attached hydrogens (tertiary/aromatic N) is 2. The van der Waals surface area contributed by atoms with E-state index in [9.17, 15) is 4.79 Å². The molecule has 4 aromatic rings. The smallest absolute Gasteiger partial charge is 0.354 e. The summed E-state index contributed by atoms with van der Waals surface area (Å²) in [6.45, 7) is 6.54. The molecule has 0 aliphatic heterocycles. The van der Waals surface area contributed by atoms with Crippen molar-refractivity contribution in [2.75, 3.05) is 7.11 Å². The molecule has 28 heavy (non-hydrogen) atoms. The standard InChI is InChI=1S/C22H22N2O3S/c1-5-16-10-18-20(28-16)11-19(22(25)26-4)24(18)12-17-14(3)27-21(23-17)15-8-6-7-13(2)9-15/h6-11H,5,12H2,1-4H3. The van der Waals surface area contributed by atoms with Crippen LogP contribution in [-0.2, 0) is 17.7 Å². The van der Waals surface area contributed by atoms with Gasteiger partial charge in [-0.15, -0.1) is 11.3 Å². The topological polar surface area (TPSA) is 57.3 Å². The second-order valence-electron chi connectivity index (χ2n) is 6.81. The van der Waals surface area contributed by atoms with Crippen molar-refractivity contribution in [1.82, 2.24) is 9.55 Å². The number of carbonyl (C=O) groups excluding carboxylic acids is 1. The molecule has 0 aliphatic rings. The molecule has 0 saturated heterocycles. The molecule has 5 nitrogen and oxygen atoms in total. The summed E-state index contributed by atoms with van der Waals surface area (Å²) in [7, 11) is 1.41. The van der Waals surface area contributed by atoms with Gasteiger partial charge in [-0.05, 0) is 44.5 Å². The monoisotopic (exact) mass is 394 g/mol. The molecule has 6 heteroatoms. The minimum atomic E-state index is -0.346. The first-order valence-electron chi connectivity index (χ1n) is 9.23. The Morgan fingerprint density at radius 3 is 2.79 bits per heavy atom. The zero-order chi connectivity index (χ0) is 19.8. The predicted molar refractivity (Wildman–Crippen MR) is 111 cm³/mol. The third-order valence-electron chi connectivity index (χ3n) is 4.85. The van der Waals surface area contributed by atoms with Gasteiger partial charge in [-0.25, -0.2) is 9.78 Å². The number of esters is 1. The van der Waals surface area contributed by atoms with Crippen molar-refractivity contribution in [3.63, 3.8) is 0 Å². The maximum atomic E-state index is 12.3. The lowest BCUT2D eigenvalue weighted by Crippen LogP contribution is -2.12. The van der Waals surface area contributed by atoms with Gasteiger partial charge in [-0.1, -0.05) is 24.6 Å². The minimum Gasteiger partial charge on any atom is -0.464 e. The summed E-state index contributed by atoms with van der Waals surface area (Å²) in [5.41, 5.74) is 4.47. The molecular formula is C22H22N2O3S. The van der Waals surface area contributed by atoms with E-state index in [4.69, 9.17) is 14.1 Å². The van der Waals surface area contributed by atoms with Crippen molar-refractivity contribution in [1.29, 1.82) is 0 Å². The summed E-state index contributed by atoms with van der Waals surface area (Å²) in [4.78, 5) is 18.3. The SMILES string of the molecule is CCc1cc2c(cc(C(=O)OC)n2Cc2nc(-c3cccc(C)c3)oc2C)s1. The lowest BCUT2D eigenvalue weighted by molar-refractivity contribution is 0.0589. The quantitative estimate of drug-likeness (QED) is 0.427. The Bertz CT molecular complexity index is 1170. The van der Waals surface area contributed by atoms with Gasteiger partial charge < -0.3 is 13.7 Å². The van der Waals surface area contributed by atoms with E-state index in [2.05, 4.69) is 19.1 Å². The number of aromatic nitrogens is 2. The number of methoxy groups -OCH3 is 1. The van der Waals surface area contributed by atoms with E-state index in [-0.39, 0.29) is 5.97 Å². The molecule has 3 heterocycles. The molecular weight excluding hydrogens is 372 g/mol. The second-order valence-corrected chi connectivity index (χ2v) is 7.98. The molecule has 0 aliphatic carbocycles. The van der Waals surface area contributed by atoms with Crippen LogP contribution in [0.3, 0.4) is 0 Å². The highest BCUT2D eigenvalue weighted by Gasteiger charge is 2.21. The van der Waals surface area contributed by atoms with Gasteiger partial charge in [0.2, 0.25) is 5.89 Å². The summed E-state index contributed by atoms with van der Waals surface area (Å²) in [6.07, 6.45) is 0.966. The number of hydrogen-bond donors (Lipinski definition) is 0. The Balaban J connectivity index is 1.77. The van der Waals surface area contributed by atoms with Gasteiger partial charge in [0, 0.05) is 10.4 Å². The normalized spacial score (nSPS) is 11.3. The highest BCUT2D eigenvalue weighted by molar-refractivity contribution is 7.19. The van der Waals surface area contributed by atoms with Crippen LogP contribution in [-0.4, -0.2) is 22.6 Å². The molecule has 1 aromatic carbocycles. The lowest BCUT2D eigenvalue weighted by atomic mass is 10.1. The molecule has 0 spiro atoms. The van der Waals surface area contributed by atoms with Crippen molar-refractivity contribution >= 4 is 27.5 Å². The van der Waals surface area contributed by atoms with Gasteiger partial charge in [0.15, 0.2) is 0 Å². The molecule has 144 valence electrons. The molecule has 0 fully saturated rings. The summed E-state index contributed by atoms with van der Waals surface area (Å²) in [5, 5.41) is 0. The van der Waals surface area contributed by atoms with Gasteiger partial charge in [0.05, 0.1) is 23.9 Å². The van der Waals surface area contributed by atoms with Crippen molar-refractivity contribution in [2.45, 2.75) is 33.7 Å². The highest BCUT2D eigenvalue weighted by Crippen LogP contribution is 2.31. The molecule has 0 radical (unpaired) electrons. The van der Waals surface area contributed by atoms with Crippen LogP contribution in [0.1, 0.15) is 39.3 Å². The van der Waals surface area contributed by atoms with Crippen LogP contribution in [0.5, 0.6) is 0 Å². The first-order chi connectivity index (χ1) is 13.5. The van der Waals surface area contributed by atoms with E-state index in [1.165, 1.54) is 12.0 Å². The van der Waals surface area contributed by atoms with Gasteiger partial charge in [-0.3, -0.25) is 0 Å². The van der Waals surface area contributed by atoms with Crippen LogP contribution in [0.2, 0.25) is 0 Å². The highest BCUT2D eigenvalue weighted by atomic mass is 32.1. The van der Waals surface area contributed by atoms with Crippen LogP contribution < -0.4 is 0 Å². The van der Waals surface area contributed by atoms with Crippen LogP contribution >= 0.6 is 11.3 Å². The maximum absolute atomic E-state index is 12.3. The molecule has 0 bridgehead atoms. The maximum Gasteiger partial charge on any atom is 0.354 e. The summed E-state index contributed by atoms with van der Waals surface area (Å²) >= 11 is 1.71. The van der Waals surface area contributed by atoms with E-state index in [1.807, 2.05) is 42.7 Å². The Labute approximate surface area is 167 Å². The molecule has 0 unspecified atom stereocenters. The summed E-state index contributed by atoms with van der Waals surface area (Å²) < 4.78 is 14.0. The Hall–Kier alpha value is -2.86. The number of benzene rings is 1. The van der Waals surface area contributed by atoms with E-state index in [0.29, 0.717) is 18.1 Å². The first kappa shape index (κ1) is 18.5.